The molecule has 4 nitrogen and oxygen atoms in total. The van der Waals surface area contributed by atoms with Crippen molar-refractivity contribution in [3.05, 3.63) is 11.8 Å². The average molecular weight is 170 g/mol. The number of carbonyl (C=O) groups is 2. The lowest BCUT2D eigenvalue weighted by Gasteiger charge is -2.13. The third-order valence-corrected chi connectivity index (χ3v) is 1.23. The van der Waals surface area contributed by atoms with Gasteiger partial charge in [0.15, 0.2) is 5.78 Å². The molecule has 1 saturated heterocycles. The lowest BCUT2D eigenvalue weighted by molar-refractivity contribution is -0.159. The van der Waals surface area contributed by atoms with Gasteiger partial charge < -0.3 is 9.47 Å². The highest BCUT2D eigenvalue weighted by Gasteiger charge is 2.37. The van der Waals surface area contributed by atoms with Crippen molar-refractivity contribution in [2.24, 2.45) is 0 Å². The average Bonchev–Trinajstić information content (AvgIpc) is 2.03. The van der Waals surface area contributed by atoms with Crippen LogP contribution in [0.3, 0.4) is 0 Å². The number of allylic oxidation sites excluding steroid dienone is 1. The molecule has 12 heavy (non-hydrogen) atoms. The van der Waals surface area contributed by atoms with Gasteiger partial charge in [-0.2, -0.15) is 0 Å². The van der Waals surface area contributed by atoms with E-state index in [1.165, 1.54) is 6.92 Å². The minimum absolute atomic E-state index is 0.0208. The van der Waals surface area contributed by atoms with Crippen LogP contribution in [-0.4, -0.2) is 17.5 Å². The highest BCUT2D eigenvalue weighted by atomic mass is 16.8. The summed E-state index contributed by atoms with van der Waals surface area (Å²) in [6.07, 6.45) is 1.12. The molecular weight excluding hydrogens is 160 g/mol. The molecule has 0 saturated carbocycles. The lowest BCUT2D eigenvalue weighted by Crippen LogP contribution is -2.19. The first kappa shape index (κ1) is 8.77. The second-order valence-corrected chi connectivity index (χ2v) is 3.01. The maximum Gasteiger partial charge on any atom is 0.377 e. The van der Waals surface area contributed by atoms with Crippen molar-refractivity contribution in [1.29, 1.82) is 0 Å². The van der Waals surface area contributed by atoms with E-state index in [-0.39, 0.29) is 11.5 Å². The molecule has 4 heteroatoms. The van der Waals surface area contributed by atoms with Gasteiger partial charge in [-0.15, -0.1) is 0 Å². The van der Waals surface area contributed by atoms with Gasteiger partial charge >= 0.3 is 5.97 Å². The van der Waals surface area contributed by atoms with Crippen LogP contribution in [0.2, 0.25) is 0 Å². The minimum atomic E-state index is -0.946. The lowest BCUT2D eigenvalue weighted by atomic mass is 10.3. The van der Waals surface area contributed by atoms with E-state index in [0.29, 0.717) is 0 Å². The van der Waals surface area contributed by atoms with Crippen molar-refractivity contribution in [3.63, 3.8) is 0 Å². The molecule has 0 aromatic carbocycles. The van der Waals surface area contributed by atoms with E-state index in [4.69, 9.17) is 9.47 Å². The van der Waals surface area contributed by atoms with Crippen LogP contribution in [0.4, 0.5) is 0 Å². The first-order valence-electron chi connectivity index (χ1n) is 3.55. The van der Waals surface area contributed by atoms with E-state index in [1.54, 1.807) is 13.8 Å². The molecule has 0 N–H and O–H groups in total. The molecule has 0 unspecified atom stereocenters. The summed E-state index contributed by atoms with van der Waals surface area (Å²) in [4.78, 5) is 21.5. The summed E-state index contributed by atoms with van der Waals surface area (Å²) in [6, 6.07) is 0. The van der Waals surface area contributed by atoms with Crippen LogP contribution >= 0.6 is 0 Å². The molecule has 0 radical (unpaired) electrons. The zero-order valence-electron chi connectivity index (χ0n) is 7.21. The van der Waals surface area contributed by atoms with Gasteiger partial charge in [0.05, 0.1) is 0 Å². The normalized spacial score (nSPS) is 23.6. The fourth-order valence-corrected chi connectivity index (χ4v) is 0.874. The number of cyclic esters (lactones) is 1. The molecule has 1 fully saturated rings. The van der Waals surface area contributed by atoms with Crippen molar-refractivity contribution in [2.45, 2.75) is 26.6 Å². The third kappa shape index (κ3) is 1.84. The molecule has 0 amide bonds. The first-order chi connectivity index (χ1) is 5.41. The van der Waals surface area contributed by atoms with Gasteiger partial charge in [-0.05, 0) is 6.92 Å². The summed E-state index contributed by atoms with van der Waals surface area (Å²) in [7, 11) is 0. The number of hydrogen-bond donors (Lipinski definition) is 0. The fraction of sp³-hybridized carbons (Fsp3) is 0.500. The molecule has 0 aromatic heterocycles. The largest absolute Gasteiger partial charge is 0.445 e. The smallest absolute Gasteiger partial charge is 0.377 e. The predicted octanol–water partition coefficient (Wildman–Crippen LogP) is 0.769. The Bertz CT molecular complexity index is 262. The van der Waals surface area contributed by atoms with Crippen LogP contribution in [0.15, 0.2) is 11.8 Å². The Labute approximate surface area is 70.1 Å². The SMILES string of the molecule is CC(=O)/C=C1\OC(C)(C)OC1=O. The van der Waals surface area contributed by atoms with Gasteiger partial charge in [0.2, 0.25) is 11.5 Å². The Morgan fingerprint density at radius 2 is 2.00 bits per heavy atom. The van der Waals surface area contributed by atoms with E-state index < -0.39 is 11.8 Å². The van der Waals surface area contributed by atoms with E-state index in [9.17, 15) is 9.59 Å². The topological polar surface area (TPSA) is 52.6 Å². The van der Waals surface area contributed by atoms with Crippen molar-refractivity contribution >= 4 is 11.8 Å². The molecule has 0 aliphatic carbocycles. The van der Waals surface area contributed by atoms with Crippen molar-refractivity contribution in [1.82, 2.24) is 0 Å². The summed E-state index contributed by atoms with van der Waals surface area (Å²) in [5.41, 5.74) is 0. The maximum absolute atomic E-state index is 11.0. The Hall–Kier alpha value is -1.32. The van der Waals surface area contributed by atoms with Crippen LogP contribution < -0.4 is 0 Å². The Balaban J connectivity index is 2.84. The van der Waals surface area contributed by atoms with Crippen LogP contribution in [-0.2, 0) is 19.1 Å². The summed E-state index contributed by atoms with van der Waals surface area (Å²) in [6.45, 7) is 4.55. The van der Waals surface area contributed by atoms with Gasteiger partial charge in [-0.3, -0.25) is 4.79 Å². The summed E-state index contributed by atoms with van der Waals surface area (Å²) in [5, 5.41) is 0. The fourth-order valence-electron chi connectivity index (χ4n) is 0.874. The van der Waals surface area contributed by atoms with Crippen molar-refractivity contribution in [2.75, 3.05) is 0 Å². The van der Waals surface area contributed by atoms with E-state index in [2.05, 4.69) is 0 Å². The highest BCUT2D eigenvalue weighted by molar-refractivity contribution is 5.97. The van der Waals surface area contributed by atoms with Crippen LogP contribution in [0, 0.1) is 0 Å². The summed E-state index contributed by atoms with van der Waals surface area (Å²) < 4.78 is 9.82. The number of carbonyl (C=O) groups excluding carboxylic acids is 2. The zero-order chi connectivity index (χ0) is 9.35. The van der Waals surface area contributed by atoms with E-state index in [0.717, 1.165) is 6.08 Å². The van der Waals surface area contributed by atoms with Crippen molar-refractivity contribution < 1.29 is 19.1 Å². The number of esters is 1. The quantitative estimate of drug-likeness (QED) is 0.431. The minimum Gasteiger partial charge on any atom is -0.445 e. The van der Waals surface area contributed by atoms with Gasteiger partial charge in [0.25, 0.3) is 0 Å². The molecule has 66 valence electrons. The molecule has 1 aliphatic heterocycles. The van der Waals surface area contributed by atoms with Gasteiger partial charge in [0, 0.05) is 19.9 Å². The van der Waals surface area contributed by atoms with Crippen LogP contribution in [0.5, 0.6) is 0 Å². The predicted molar refractivity (Wildman–Crippen MR) is 40.0 cm³/mol. The molecule has 0 bridgehead atoms. The number of ether oxygens (including phenoxy) is 2. The number of rotatable bonds is 1. The Morgan fingerprint density at radius 3 is 2.33 bits per heavy atom. The molecule has 1 heterocycles. The van der Waals surface area contributed by atoms with Crippen LogP contribution in [0.1, 0.15) is 20.8 Å². The maximum atomic E-state index is 11.0. The number of ketones is 1. The highest BCUT2D eigenvalue weighted by Crippen LogP contribution is 2.25. The van der Waals surface area contributed by atoms with E-state index >= 15 is 0 Å². The molecular formula is C8H10O4. The molecule has 1 aliphatic rings. The Kier molecular flexibility index (Phi) is 1.92. The summed E-state index contributed by atoms with van der Waals surface area (Å²) in [5.74, 6) is -1.79. The first-order valence-corrected chi connectivity index (χ1v) is 3.55. The van der Waals surface area contributed by atoms with Crippen LogP contribution in [0.25, 0.3) is 0 Å². The monoisotopic (exact) mass is 170 g/mol. The molecule has 0 aromatic rings. The zero-order valence-corrected chi connectivity index (χ0v) is 7.21. The second-order valence-electron chi connectivity index (χ2n) is 3.01. The van der Waals surface area contributed by atoms with E-state index in [1.807, 2.05) is 0 Å². The molecule has 1 rings (SSSR count). The standard InChI is InChI=1S/C8H10O4/c1-5(9)4-6-7(10)12-8(2,3)11-6/h4H,1-3H3/b6-4-. The summed E-state index contributed by atoms with van der Waals surface area (Å²) >= 11 is 0. The molecule has 0 atom stereocenters. The van der Waals surface area contributed by atoms with Gasteiger partial charge in [-0.25, -0.2) is 4.79 Å². The number of hydrogen-bond acceptors (Lipinski definition) is 4. The Morgan fingerprint density at radius 1 is 1.42 bits per heavy atom. The third-order valence-electron chi connectivity index (χ3n) is 1.23. The van der Waals surface area contributed by atoms with Gasteiger partial charge in [0.1, 0.15) is 0 Å². The van der Waals surface area contributed by atoms with Gasteiger partial charge in [-0.1, -0.05) is 0 Å². The second kappa shape index (κ2) is 2.62. The molecule has 0 spiro atoms. The van der Waals surface area contributed by atoms with Crippen molar-refractivity contribution in [3.8, 4) is 0 Å².